The number of hydrogen-bond acceptors (Lipinski definition) is 6. The van der Waals surface area contributed by atoms with Crippen molar-refractivity contribution in [3.63, 3.8) is 0 Å². The van der Waals surface area contributed by atoms with E-state index in [-0.39, 0.29) is 37.5 Å². The second-order valence-corrected chi connectivity index (χ2v) is 14.9. The minimum absolute atomic E-state index is 0.0109. The van der Waals surface area contributed by atoms with Crippen LogP contribution in [0.1, 0.15) is 62.9 Å². The minimum Gasteiger partial charge on any atom is -0.497 e. The van der Waals surface area contributed by atoms with Crippen molar-refractivity contribution < 1.29 is 19.0 Å². The minimum atomic E-state index is -1.31. The number of methoxy groups -OCH3 is 2. The molecule has 2 atom stereocenters. The molecule has 0 aromatic heterocycles. The van der Waals surface area contributed by atoms with E-state index in [0.717, 1.165) is 45.1 Å². The summed E-state index contributed by atoms with van der Waals surface area (Å²) in [5.74, 6) is 0.327. The van der Waals surface area contributed by atoms with Gasteiger partial charge in [-0.3, -0.25) is 0 Å². The second-order valence-electron chi connectivity index (χ2n) is 13.4. The topological polar surface area (TPSA) is 51.2 Å². The molecule has 5 aromatic carbocycles. The zero-order valence-electron chi connectivity index (χ0n) is 29.8. The van der Waals surface area contributed by atoms with Gasteiger partial charge in [0.2, 0.25) is 0 Å². The lowest BCUT2D eigenvalue weighted by Crippen LogP contribution is -2.32. The Kier molecular flexibility index (Phi) is 11.2. The van der Waals surface area contributed by atoms with E-state index in [1.807, 2.05) is 76.7 Å². The van der Waals surface area contributed by atoms with Gasteiger partial charge in [-0.15, -0.1) is 0 Å². The van der Waals surface area contributed by atoms with Gasteiger partial charge in [-0.25, -0.2) is 4.79 Å². The Balaban J connectivity index is 1.60. The first kappa shape index (κ1) is 37.7. The molecule has 0 saturated heterocycles. The van der Waals surface area contributed by atoms with Crippen LogP contribution in [0.5, 0.6) is 11.5 Å². The van der Waals surface area contributed by atoms with Gasteiger partial charge in [-0.05, 0) is 70.8 Å². The van der Waals surface area contributed by atoms with Crippen LogP contribution in [0.4, 0.5) is 11.4 Å². The quantitative estimate of drug-likeness (QED) is 0.0714. The highest BCUT2D eigenvalue weighted by molar-refractivity contribution is 6.53. The van der Waals surface area contributed by atoms with Gasteiger partial charge in [0.05, 0.1) is 39.9 Å². The Bertz CT molecular complexity index is 1940. The van der Waals surface area contributed by atoms with Crippen molar-refractivity contribution in [1.29, 1.82) is 0 Å². The molecule has 0 aliphatic carbocycles. The van der Waals surface area contributed by atoms with Gasteiger partial charge >= 0.3 is 5.97 Å². The van der Waals surface area contributed by atoms with E-state index in [2.05, 4.69) is 58.3 Å². The highest BCUT2D eigenvalue weighted by atomic mass is 35.5. The summed E-state index contributed by atoms with van der Waals surface area (Å²) in [6.45, 7) is 0. The van der Waals surface area contributed by atoms with Gasteiger partial charge in [0.1, 0.15) is 17.1 Å². The molecule has 0 bridgehead atoms. The van der Waals surface area contributed by atoms with E-state index in [1.54, 1.807) is 14.2 Å². The molecule has 1 heterocycles. The molecule has 6 nitrogen and oxygen atoms in total. The monoisotopic (exact) mass is 776 g/mol. The van der Waals surface area contributed by atoms with E-state index in [9.17, 15) is 4.79 Å². The number of carbonyl (C=O) groups is 1. The lowest BCUT2D eigenvalue weighted by atomic mass is 9.72. The molecule has 0 radical (unpaired) electrons. The Morgan fingerprint density at radius 3 is 1.25 bits per heavy atom. The van der Waals surface area contributed by atoms with E-state index < -0.39 is 11.6 Å². The Hall–Kier alpha value is -4.07. The zero-order chi connectivity index (χ0) is 37.3. The summed E-state index contributed by atoms with van der Waals surface area (Å²) in [7, 11) is 11.3. The van der Waals surface area contributed by atoms with Crippen molar-refractivity contribution in [1.82, 2.24) is 0 Å². The number of halogens is 4. The van der Waals surface area contributed by atoms with Crippen molar-refractivity contribution in [2.75, 3.05) is 52.2 Å². The van der Waals surface area contributed by atoms with Crippen LogP contribution in [0.2, 0.25) is 20.1 Å². The number of esters is 1. The molecule has 0 spiro atoms. The van der Waals surface area contributed by atoms with E-state index in [0.29, 0.717) is 18.4 Å². The molecule has 0 amide bonds. The molecule has 0 fully saturated rings. The van der Waals surface area contributed by atoms with Gasteiger partial charge in [-0.1, -0.05) is 94.9 Å². The van der Waals surface area contributed by atoms with Gasteiger partial charge in [0.15, 0.2) is 0 Å². The molecule has 6 rings (SSSR count). The molecular weight excluding hydrogens is 738 g/mol. The number of rotatable bonds is 12. The van der Waals surface area contributed by atoms with Crippen LogP contribution in [0.3, 0.4) is 0 Å². The molecule has 0 N–H and O–H groups in total. The number of benzene rings is 5. The average molecular weight is 779 g/mol. The molecule has 1 aliphatic heterocycles. The molecule has 10 heteroatoms. The third-order valence-corrected chi connectivity index (χ3v) is 11.7. The predicted octanol–water partition coefficient (Wildman–Crippen LogP) is 11.3. The van der Waals surface area contributed by atoms with Crippen molar-refractivity contribution in [3.8, 4) is 11.5 Å². The van der Waals surface area contributed by atoms with Gasteiger partial charge in [-0.2, -0.15) is 0 Å². The maximum Gasteiger partial charge on any atom is 0.341 e. The molecule has 0 saturated carbocycles. The zero-order valence-corrected chi connectivity index (χ0v) is 32.9. The number of hydrogen-bond donors (Lipinski definition) is 0. The first-order chi connectivity index (χ1) is 24.9. The van der Waals surface area contributed by atoms with E-state index in [4.69, 9.17) is 60.6 Å². The van der Waals surface area contributed by atoms with Crippen LogP contribution < -0.4 is 19.3 Å². The molecule has 5 aromatic rings. The summed E-state index contributed by atoms with van der Waals surface area (Å²) in [5.41, 5.74) is 5.43. The fraction of sp³-hybridized carbons (Fsp3) is 0.262. The van der Waals surface area contributed by atoms with Gasteiger partial charge in [0.25, 0.3) is 0 Å². The normalized spacial score (nSPS) is 16.2. The first-order valence-electron chi connectivity index (χ1n) is 16.8. The van der Waals surface area contributed by atoms with Crippen LogP contribution in [0.25, 0.3) is 0 Å². The standard InChI is InChI=1S/C42H40Cl4N2O4/c1-47(2)29-15-7-25(8-16-29)33(27-11-19-31(50-5)20-12-27)23-42(36-35(41(49)52-42)37(43)39(45)40(46)38(36)44)24-34(28-13-21-32(51-6)22-14-28)26-9-17-30(18-10-26)48(3)4/h7-22,33-34H,23-24H2,1-6H3. The average Bonchev–Trinajstić information content (AvgIpc) is 3.45. The molecule has 2 unspecified atom stereocenters. The van der Waals surface area contributed by atoms with Crippen LogP contribution >= 0.6 is 46.4 Å². The first-order valence-corrected chi connectivity index (χ1v) is 18.3. The Morgan fingerprint density at radius 2 is 0.904 bits per heavy atom. The summed E-state index contributed by atoms with van der Waals surface area (Å²) in [6, 6.07) is 32.7. The highest BCUT2D eigenvalue weighted by Gasteiger charge is 2.52. The summed E-state index contributed by atoms with van der Waals surface area (Å²) >= 11 is 27.3. The number of anilines is 2. The predicted molar refractivity (Wildman–Crippen MR) is 214 cm³/mol. The molecule has 52 heavy (non-hydrogen) atoms. The third kappa shape index (κ3) is 7.27. The summed E-state index contributed by atoms with van der Waals surface area (Å²) < 4.78 is 17.7. The Morgan fingerprint density at radius 1 is 0.558 bits per heavy atom. The SMILES string of the molecule is COc1ccc(C(CC2(CC(c3ccc(OC)cc3)c3ccc(N(C)C)cc3)OC(=O)c3c(Cl)c(Cl)c(Cl)c(Cl)c32)c2ccc(N(C)C)cc2)cc1. The van der Waals surface area contributed by atoms with Crippen molar-refractivity contribution >= 4 is 63.7 Å². The van der Waals surface area contributed by atoms with Crippen molar-refractivity contribution in [2.45, 2.75) is 30.3 Å². The van der Waals surface area contributed by atoms with E-state index >= 15 is 0 Å². The number of ether oxygens (including phenoxy) is 3. The van der Waals surface area contributed by atoms with Crippen molar-refractivity contribution in [3.05, 3.63) is 151 Å². The van der Waals surface area contributed by atoms with Crippen LogP contribution in [0, 0.1) is 0 Å². The van der Waals surface area contributed by atoms with Gasteiger partial charge < -0.3 is 24.0 Å². The molecular formula is C42H40Cl4N2O4. The summed E-state index contributed by atoms with van der Waals surface area (Å²) in [5, 5.41) is 0.245. The lowest BCUT2D eigenvalue weighted by Gasteiger charge is -2.37. The van der Waals surface area contributed by atoms with Crippen molar-refractivity contribution in [2.24, 2.45) is 0 Å². The highest BCUT2D eigenvalue weighted by Crippen LogP contribution is 2.57. The van der Waals surface area contributed by atoms with Crippen LogP contribution in [-0.4, -0.2) is 48.4 Å². The summed E-state index contributed by atoms with van der Waals surface area (Å²) in [4.78, 5) is 18.2. The number of nitrogens with zero attached hydrogens (tertiary/aromatic N) is 2. The van der Waals surface area contributed by atoms with E-state index in [1.165, 1.54) is 0 Å². The molecule has 270 valence electrons. The van der Waals surface area contributed by atoms with Crippen LogP contribution in [0.15, 0.2) is 97.1 Å². The van der Waals surface area contributed by atoms with Gasteiger partial charge in [0, 0.05) is 69.8 Å². The number of cyclic esters (lactones) is 1. The second kappa shape index (κ2) is 15.5. The third-order valence-electron chi connectivity index (χ3n) is 9.94. The number of fused-ring (bicyclic) bond motifs is 1. The molecule has 1 aliphatic rings. The lowest BCUT2D eigenvalue weighted by molar-refractivity contribution is -0.0217. The van der Waals surface area contributed by atoms with Crippen LogP contribution in [-0.2, 0) is 10.3 Å². The maximum absolute atomic E-state index is 14.1. The Labute approximate surface area is 325 Å². The largest absolute Gasteiger partial charge is 0.497 e. The fourth-order valence-electron chi connectivity index (χ4n) is 7.10. The fourth-order valence-corrected chi connectivity index (χ4v) is 8.20. The summed E-state index contributed by atoms with van der Waals surface area (Å²) in [6.07, 6.45) is 0.631. The maximum atomic E-state index is 14.1. The number of carbonyl (C=O) groups excluding carboxylic acids is 1. The smallest absolute Gasteiger partial charge is 0.341 e.